The zero-order chi connectivity index (χ0) is 3.58. The molecule has 0 saturated heterocycles. The summed E-state index contributed by atoms with van der Waals surface area (Å²) in [6.07, 6.45) is 0. The Morgan fingerprint density at radius 3 is 1.40 bits per heavy atom. The molecule has 0 amide bonds. The van der Waals surface area contributed by atoms with Gasteiger partial charge in [-0.05, 0) is 0 Å². The number of nitrogens with zero attached hydrogens (tertiary/aromatic N) is 1. The summed E-state index contributed by atoms with van der Waals surface area (Å²) < 4.78 is 0. The van der Waals surface area contributed by atoms with Gasteiger partial charge in [0.15, 0.2) is 0 Å². The zero-order valence-corrected chi connectivity index (χ0v) is 4.67. The molecule has 0 bridgehead atoms. The number of hydrogen-bond donors (Lipinski definition) is 0. The molecule has 0 aliphatic carbocycles. The molecule has 0 saturated carbocycles. The van der Waals surface area contributed by atoms with Crippen LogP contribution in [0.5, 0.6) is 0 Å². The van der Waals surface area contributed by atoms with E-state index in [0.29, 0.717) is 0 Å². The molecule has 0 aromatic carbocycles. The van der Waals surface area contributed by atoms with E-state index < -0.39 is 5.09 Å². The average molecular weight is 86.0 g/mol. The molecule has 0 atom stereocenters. The Hall–Kier alpha value is 0.200. The molecule has 0 aromatic rings. The first-order chi connectivity index (χ1) is 1.73. The SMILES string of the molecule is O=[15N+]([O-])[O-].[Na+]. The molecular weight excluding hydrogens is 86.0 g/mol. The predicted molar refractivity (Wildman–Crippen MR) is 10.4 cm³/mol. The van der Waals surface area contributed by atoms with Gasteiger partial charge >= 0.3 is 29.6 Å². The van der Waals surface area contributed by atoms with E-state index in [0.717, 1.165) is 0 Å². The number of hydrogen-bond acceptors (Lipinski definition) is 3. The van der Waals surface area contributed by atoms with Crippen molar-refractivity contribution in [2.24, 2.45) is 0 Å². The maximum Gasteiger partial charge on any atom is 1.00 e. The quantitative estimate of drug-likeness (QED) is 0.135. The molecule has 0 unspecified atom stereocenters. The topological polar surface area (TPSA) is 66.2 Å². The molecule has 0 aliphatic heterocycles. The van der Waals surface area contributed by atoms with Crippen LogP contribution in [0.2, 0.25) is 0 Å². The van der Waals surface area contributed by atoms with Crippen LogP contribution in [0.3, 0.4) is 0 Å². The van der Waals surface area contributed by atoms with Gasteiger partial charge in [0.05, 0.1) is 5.09 Å². The minimum absolute atomic E-state index is 0. The molecule has 0 aromatic heterocycles. The van der Waals surface area contributed by atoms with E-state index >= 15 is 0 Å². The van der Waals surface area contributed by atoms with E-state index in [4.69, 9.17) is 15.3 Å². The smallest absolute Gasteiger partial charge is 0.356 e. The molecule has 4 nitrogen and oxygen atoms in total. The number of rotatable bonds is 0. The first-order valence-electron chi connectivity index (χ1n) is 0.548. The van der Waals surface area contributed by atoms with Gasteiger partial charge < -0.3 is 15.3 Å². The first kappa shape index (κ1) is 8.96. The fraction of sp³-hybridized carbons (Fsp3) is 0. The van der Waals surface area contributed by atoms with Crippen molar-refractivity contribution in [3.63, 3.8) is 0 Å². The van der Waals surface area contributed by atoms with Crippen LogP contribution in [0.15, 0.2) is 0 Å². The Morgan fingerprint density at radius 1 is 1.40 bits per heavy atom. The van der Waals surface area contributed by atoms with Crippen molar-refractivity contribution in [3.8, 4) is 0 Å². The van der Waals surface area contributed by atoms with Crippen LogP contribution >= 0.6 is 0 Å². The van der Waals surface area contributed by atoms with Crippen LogP contribution in [-0.2, 0) is 0 Å². The molecule has 0 rings (SSSR count). The maximum atomic E-state index is 8.25. The van der Waals surface area contributed by atoms with Crippen molar-refractivity contribution in [2.45, 2.75) is 0 Å². The molecule has 5 heavy (non-hydrogen) atoms. The largest absolute Gasteiger partial charge is 1.00 e. The Labute approximate surface area is 50.2 Å². The summed E-state index contributed by atoms with van der Waals surface area (Å²) in [7, 11) is 0. The fourth-order valence-electron chi connectivity index (χ4n) is 0. The van der Waals surface area contributed by atoms with Gasteiger partial charge in [-0.3, -0.25) is 0 Å². The van der Waals surface area contributed by atoms with Crippen molar-refractivity contribution in [1.29, 1.82) is 0 Å². The van der Waals surface area contributed by atoms with E-state index in [1.165, 1.54) is 0 Å². The molecule has 0 N–H and O–H groups in total. The van der Waals surface area contributed by atoms with Gasteiger partial charge in [0.1, 0.15) is 0 Å². The summed E-state index contributed by atoms with van der Waals surface area (Å²) >= 11 is 0. The van der Waals surface area contributed by atoms with E-state index in [9.17, 15) is 0 Å². The second-order valence-corrected chi connectivity index (χ2v) is 0.224. The van der Waals surface area contributed by atoms with Crippen LogP contribution in [-0.4, -0.2) is 5.09 Å². The summed E-state index contributed by atoms with van der Waals surface area (Å²) in [5.41, 5.74) is 0. The van der Waals surface area contributed by atoms with Gasteiger partial charge in [0.25, 0.3) is 0 Å². The Morgan fingerprint density at radius 2 is 1.40 bits per heavy atom. The summed E-state index contributed by atoms with van der Waals surface area (Å²) in [6.45, 7) is 0. The van der Waals surface area contributed by atoms with E-state index in [1.54, 1.807) is 0 Å². The average Bonchev–Trinajstić information content (AvgIpc) is 0.811. The summed E-state index contributed by atoms with van der Waals surface area (Å²) in [4.78, 5) is 8.25. The van der Waals surface area contributed by atoms with E-state index in [2.05, 4.69) is 0 Å². The van der Waals surface area contributed by atoms with Crippen LogP contribution in [0.1, 0.15) is 0 Å². The summed E-state index contributed by atoms with van der Waals surface area (Å²) in [6, 6.07) is 0. The molecule has 0 fully saturated rings. The molecule has 0 heterocycles. The molecule has 5 heteroatoms. The van der Waals surface area contributed by atoms with E-state index in [-0.39, 0.29) is 29.6 Å². The third-order valence-electron chi connectivity index (χ3n) is 0. The second-order valence-electron chi connectivity index (χ2n) is 0.224. The predicted octanol–water partition coefficient (Wildman–Crippen LogP) is -3.24. The standard InChI is InChI=1S/NO3.Na/c2-1(3)4;/q-1;+1/i1+1;. The molecule has 0 aliphatic rings. The van der Waals surface area contributed by atoms with Crippen molar-refractivity contribution < 1.29 is 34.6 Å². The van der Waals surface area contributed by atoms with Crippen LogP contribution in [0.4, 0.5) is 0 Å². The fourth-order valence-corrected chi connectivity index (χ4v) is 0. The van der Waals surface area contributed by atoms with Crippen molar-refractivity contribution >= 4 is 0 Å². The molecule has 0 radical (unpaired) electrons. The van der Waals surface area contributed by atoms with Crippen molar-refractivity contribution in [3.05, 3.63) is 15.3 Å². The Balaban J connectivity index is 0. The van der Waals surface area contributed by atoms with Crippen molar-refractivity contribution in [2.75, 3.05) is 0 Å². The van der Waals surface area contributed by atoms with Gasteiger partial charge in [-0.15, -0.1) is 0 Å². The molecule has 0 spiro atoms. The van der Waals surface area contributed by atoms with Gasteiger partial charge in [0.2, 0.25) is 0 Å². The van der Waals surface area contributed by atoms with Crippen LogP contribution < -0.4 is 29.6 Å². The molecular formula is NNaO3. The minimum atomic E-state index is -1.75. The Bertz CT molecular complexity index is 29.9. The minimum Gasteiger partial charge on any atom is -0.356 e. The zero-order valence-electron chi connectivity index (χ0n) is 2.67. The van der Waals surface area contributed by atoms with Crippen molar-refractivity contribution in [1.82, 2.24) is 0 Å². The summed E-state index contributed by atoms with van der Waals surface area (Å²) in [5, 5.41) is 14.8. The van der Waals surface area contributed by atoms with Crippen LogP contribution in [0, 0.1) is 15.3 Å². The van der Waals surface area contributed by atoms with Gasteiger partial charge in [0, 0.05) is 0 Å². The third-order valence-corrected chi connectivity index (χ3v) is 0. The first-order valence-corrected chi connectivity index (χ1v) is 0.548. The van der Waals surface area contributed by atoms with Gasteiger partial charge in [-0.25, -0.2) is 0 Å². The monoisotopic (exact) mass is 86.0 g/mol. The Kier molecular flexibility index (Phi) is 7.52. The van der Waals surface area contributed by atoms with Gasteiger partial charge in [-0.1, -0.05) is 0 Å². The normalized spacial score (nSPS) is 4.80. The van der Waals surface area contributed by atoms with Gasteiger partial charge in [-0.2, -0.15) is 0 Å². The second kappa shape index (κ2) is 4.20. The van der Waals surface area contributed by atoms with E-state index in [1.807, 2.05) is 0 Å². The molecule has 24 valence electrons. The van der Waals surface area contributed by atoms with Crippen LogP contribution in [0.25, 0.3) is 0 Å². The third kappa shape index (κ3) is 508. The summed E-state index contributed by atoms with van der Waals surface area (Å²) in [5.74, 6) is 0. The maximum absolute atomic E-state index is 8.25.